The topological polar surface area (TPSA) is 98.8 Å². The first kappa shape index (κ1) is 28.7. The Kier molecular flexibility index (Phi) is 10.2. The number of hydrogen-bond donors (Lipinski definition) is 1. The van der Waals surface area contributed by atoms with Crippen molar-refractivity contribution in [3.05, 3.63) is 66.2 Å². The van der Waals surface area contributed by atoms with Gasteiger partial charge in [0.2, 0.25) is 0 Å². The molecular weight excluding hydrogens is 482 g/mol. The standard InChI is InChI=1S/C26H37NO6SSi/c1-26(2,3)35(4,5)33-19-22(27-25(29)32-18-21-12-8-6-9-13-21)16-17-23(28)20-34(30,31)24-14-10-7-11-15-24/h6-15,22H,16-20H2,1-5H3,(H,27,29)/t22-/m0/s1. The minimum Gasteiger partial charge on any atom is -0.445 e. The van der Waals surface area contributed by atoms with E-state index >= 15 is 0 Å². The number of Topliss-reactive ketones (excluding diaryl/α,β-unsaturated/α-hetero) is 1. The number of carbonyl (C=O) groups is 2. The second kappa shape index (κ2) is 12.5. The van der Waals surface area contributed by atoms with Crippen molar-refractivity contribution in [1.29, 1.82) is 0 Å². The van der Waals surface area contributed by atoms with E-state index in [1.54, 1.807) is 18.2 Å². The van der Waals surface area contributed by atoms with Gasteiger partial charge < -0.3 is 14.5 Å². The molecule has 0 bridgehead atoms. The number of rotatable bonds is 12. The molecule has 35 heavy (non-hydrogen) atoms. The minimum absolute atomic E-state index is 0.00342. The normalized spacial score (nSPS) is 13.2. The van der Waals surface area contributed by atoms with Gasteiger partial charge in [-0.1, -0.05) is 69.3 Å². The van der Waals surface area contributed by atoms with Gasteiger partial charge in [-0.25, -0.2) is 13.2 Å². The molecule has 1 atom stereocenters. The second-order valence-corrected chi connectivity index (χ2v) is 16.9. The number of carbonyl (C=O) groups excluding carboxylic acids is 2. The number of ketones is 1. The number of ether oxygens (including phenoxy) is 1. The third kappa shape index (κ3) is 9.58. The molecular formula is C26H37NO6SSi. The van der Waals surface area contributed by atoms with Crippen LogP contribution in [0.4, 0.5) is 4.79 Å². The lowest BCUT2D eigenvalue weighted by Gasteiger charge is -2.37. The van der Waals surface area contributed by atoms with Gasteiger partial charge in [-0.3, -0.25) is 4.79 Å². The molecule has 0 saturated carbocycles. The highest BCUT2D eigenvalue weighted by Crippen LogP contribution is 2.36. The van der Waals surface area contributed by atoms with E-state index in [9.17, 15) is 18.0 Å². The zero-order valence-corrected chi connectivity index (χ0v) is 23.1. The molecule has 0 fully saturated rings. The van der Waals surface area contributed by atoms with Crippen LogP contribution >= 0.6 is 0 Å². The fourth-order valence-corrected chi connectivity index (χ4v) is 5.34. The highest BCUT2D eigenvalue weighted by Gasteiger charge is 2.37. The molecule has 0 aliphatic carbocycles. The zero-order chi connectivity index (χ0) is 26.1. The van der Waals surface area contributed by atoms with E-state index in [0.717, 1.165) is 5.56 Å². The van der Waals surface area contributed by atoms with Crippen LogP contribution in [0.5, 0.6) is 0 Å². The third-order valence-electron chi connectivity index (χ3n) is 6.21. The monoisotopic (exact) mass is 519 g/mol. The largest absolute Gasteiger partial charge is 0.445 e. The summed E-state index contributed by atoms with van der Waals surface area (Å²) in [5.74, 6) is -0.990. The van der Waals surface area contributed by atoms with Crippen LogP contribution in [0.1, 0.15) is 39.2 Å². The Morgan fingerprint density at radius 2 is 1.54 bits per heavy atom. The number of hydrogen-bond acceptors (Lipinski definition) is 6. The lowest BCUT2D eigenvalue weighted by molar-refractivity contribution is -0.116. The van der Waals surface area contributed by atoms with Crippen molar-refractivity contribution in [1.82, 2.24) is 5.32 Å². The SMILES string of the molecule is CC(C)(C)[Si](C)(C)OC[C@H](CCC(=O)CS(=O)(=O)c1ccccc1)NC(=O)OCc1ccccc1. The van der Waals surface area contributed by atoms with Crippen molar-refractivity contribution in [2.24, 2.45) is 0 Å². The predicted octanol–water partition coefficient (Wildman–Crippen LogP) is 5.13. The smallest absolute Gasteiger partial charge is 0.407 e. The average molecular weight is 520 g/mol. The summed E-state index contributed by atoms with van der Waals surface area (Å²) in [6.45, 7) is 10.9. The van der Waals surface area contributed by atoms with Gasteiger partial charge in [0.05, 0.1) is 17.5 Å². The first-order valence-electron chi connectivity index (χ1n) is 11.7. The van der Waals surface area contributed by atoms with E-state index in [1.807, 2.05) is 30.3 Å². The van der Waals surface area contributed by atoms with Gasteiger partial charge in [-0.05, 0) is 42.2 Å². The summed E-state index contributed by atoms with van der Waals surface area (Å²) in [5, 5.41) is 2.77. The van der Waals surface area contributed by atoms with Gasteiger partial charge in [0, 0.05) is 6.42 Å². The van der Waals surface area contributed by atoms with E-state index in [0.29, 0.717) is 0 Å². The molecule has 1 amide bonds. The summed E-state index contributed by atoms with van der Waals surface area (Å²) in [7, 11) is -5.81. The van der Waals surface area contributed by atoms with Crippen LogP contribution in [0.25, 0.3) is 0 Å². The zero-order valence-electron chi connectivity index (χ0n) is 21.2. The van der Waals surface area contributed by atoms with Gasteiger partial charge in [0.25, 0.3) is 0 Å². The lowest BCUT2D eigenvalue weighted by atomic mass is 10.1. The molecule has 0 radical (unpaired) electrons. The molecule has 0 aliphatic heterocycles. The summed E-state index contributed by atoms with van der Waals surface area (Å²) in [5.41, 5.74) is 0.859. The minimum atomic E-state index is -3.71. The number of alkyl carbamates (subject to hydrolysis) is 1. The molecule has 0 heterocycles. The van der Waals surface area contributed by atoms with E-state index in [4.69, 9.17) is 9.16 Å². The van der Waals surface area contributed by atoms with Crippen molar-refractivity contribution in [3.8, 4) is 0 Å². The molecule has 0 saturated heterocycles. The van der Waals surface area contributed by atoms with Crippen molar-refractivity contribution in [2.45, 2.75) is 69.3 Å². The summed E-state index contributed by atoms with van der Waals surface area (Å²) >= 11 is 0. The Bertz CT molecular complexity index is 1070. The van der Waals surface area contributed by atoms with Crippen molar-refractivity contribution < 1.29 is 27.2 Å². The van der Waals surface area contributed by atoms with Gasteiger partial charge >= 0.3 is 6.09 Å². The molecule has 0 aromatic heterocycles. The number of benzene rings is 2. The first-order valence-corrected chi connectivity index (χ1v) is 16.3. The Hall–Kier alpha value is -2.49. The number of sulfone groups is 1. The molecule has 0 unspecified atom stereocenters. The molecule has 2 aromatic carbocycles. The summed E-state index contributed by atoms with van der Waals surface area (Å²) in [4.78, 5) is 25.1. The van der Waals surface area contributed by atoms with E-state index < -0.39 is 41.8 Å². The van der Waals surface area contributed by atoms with E-state index in [2.05, 4.69) is 39.2 Å². The van der Waals surface area contributed by atoms with Crippen LogP contribution in [-0.2, 0) is 30.4 Å². The average Bonchev–Trinajstić information content (AvgIpc) is 2.79. The summed E-state index contributed by atoms with van der Waals surface area (Å²) < 4.78 is 36.6. The van der Waals surface area contributed by atoms with Gasteiger partial charge in [-0.2, -0.15) is 0 Å². The van der Waals surface area contributed by atoms with E-state index in [1.165, 1.54) is 12.1 Å². The molecule has 192 valence electrons. The fourth-order valence-electron chi connectivity index (χ4n) is 2.98. The fraction of sp³-hybridized carbons (Fsp3) is 0.462. The van der Waals surface area contributed by atoms with Crippen LogP contribution in [0.2, 0.25) is 18.1 Å². The van der Waals surface area contributed by atoms with Crippen LogP contribution in [-0.4, -0.2) is 47.0 Å². The van der Waals surface area contributed by atoms with Gasteiger partial charge in [-0.15, -0.1) is 0 Å². The van der Waals surface area contributed by atoms with Crippen LogP contribution < -0.4 is 5.32 Å². The highest BCUT2D eigenvalue weighted by atomic mass is 32.2. The molecule has 2 aromatic rings. The molecule has 1 N–H and O–H groups in total. The van der Waals surface area contributed by atoms with E-state index in [-0.39, 0.29) is 36.0 Å². The van der Waals surface area contributed by atoms with Gasteiger partial charge in [0.15, 0.2) is 18.2 Å². The molecule has 0 spiro atoms. The summed E-state index contributed by atoms with van der Waals surface area (Å²) in [6, 6.07) is 16.7. The number of amides is 1. The predicted molar refractivity (Wildman–Crippen MR) is 139 cm³/mol. The molecule has 2 rings (SSSR count). The summed E-state index contributed by atoms with van der Waals surface area (Å²) in [6.07, 6.45) is -0.364. The maximum Gasteiger partial charge on any atom is 0.407 e. The molecule has 9 heteroatoms. The van der Waals surface area contributed by atoms with Crippen LogP contribution in [0.3, 0.4) is 0 Å². The van der Waals surface area contributed by atoms with Crippen LogP contribution in [0, 0.1) is 0 Å². The quantitative estimate of drug-likeness (QED) is 0.391. The van der Waals surface area contributed by atoms with Crippen molar-refractivity contribution in [3.63, 3.8) is 0 Å². The van der Waals surface area contributed by atoms with Crippen molar-refractivity contribution in [2.75, 3.05) is 12.4 Å². The van der Waals surface area contributed by atoms with Crippen LogP contribution in [0.15, 0.2) is 65.6 Å². The highest BCUT2D eigenvalue weighted by molar-refractivity contribution is 7.92. The maximum atomic E-state index is 12.5. The Morgan fingerprint density at radius 3 is 2.11 bits per heavy atom. The Balaban J connectivity index is 1.99. The second-order valence-electron chi connectivity index (χ2n) is 10.1. The molecule has 0 aliphatic rings. The van der Waals surface area contributed by atoms with Crippen molar-refractivity contribution >= 4 is 30.0 Å². The first-order chi connectivity index (χ1) is 16.3. The molecule has 7 nitrogen and oxygen atoms in total. The third-order valence-corrected chi connectivity index (χ3v) is 12.4. The lowest BCUT2D eigenvalue weighted by Crippen LogP contribution is -2.46. The Morgan fingerprint density at radius 1 is 0.971 bits per heavy atom. The maximum absolute atomic E-state index is 12.5. The number of nitrogens with one attached hydrogen (secondary N) is 1. The Labute approximate surface area is 210 Å². The van der Waals surface area contributed by atoms with Gasteiger partial charge in [0.1, 0.15) is 18.1 Å².